The van der Waals surface area contributed by atoms with Crippen LogP contribution in [0.25, 0.3) is 0 Å². The van der Waals surface area contributed by atoms with Crippen molar-refractivity contribution in [3.8, 4) is 0 Å². The zero-order chi connectivity index (χ0) is 38.9. The van der Waals surface area contributed by atoms with Crippen molar-refractivity contribution < 1.29 is 14.7 Å². The van der Waals surface area contributed by atoms with E-state index in [0.29, 0.717) is 0 Å². The van der Waals surface area contributed by atoms with Crippen molar-refractivity contribution >= 4 is 12.8 Å². The van der Waals surface area contributed by atoms with Gasteiger partial charge in [-0.15, -0.1) is 0 Å². The molecule has 0 bridgehead atoms. The highest BCUT2D eigenvalue weighted by Crippen LogP contribution is 2.25. The number of carboxylic acid groups (broad SMARTS) is 1. The first-order chi connectivity index (χ1) is 25.6. The highest BCUT2D eigenvalue weighted by molar-refractivity contribution is 5.49. The van der Waals surface area contributed by atoms with Gasteiger partial charge in [-0.3, -0.25) is 4.79 Å². The number of nitrogens with one attached hydrogen (secondary N) is 1. The molecular formula is C47H98N2O3. The summed E-state index contributed by atoms with van der Waals surface area (Å²) in [6.07, 6.45) is 51.7. The number of unbranched alkanes of at least 4 members (excludes halogenated alkanes) is 28. The lowest BCUT2D eigenvalue weighted by Gasteiger charge is -2.22. The van der Waals surface area contributed by atoms with E-state index in [0.717, 1.165) is 31.6 Å². The van der Waals surface area contributed by atoms with Gasteiger partial charge in [-0.05, 0) is 58.9 Å². The van der Waals surface area contributed by atoms with Crippen LogP contribution in [0.15, 0.2) is 0 Å². The lowest BCUT2D eigenvalue weighted by molar-refractivity contribution is -0.122. The average Bonchev–Trinajstić information content (AvgIpc) is 3.14. The van der Waals surface area contributed by atoms with Gasteiger partial charge in [0.2, 0.25) is 0 Å². The van der Waals surface area contributed by atoms with Gasteiger partial charge in [0.05, 0.1) is 0 Å². The maximum Gasteiger partial charge on any atom is 0.290 e. The molecule has 0 saturated carbocycles. The van der Waals surface area contributed by atoms with Crippen LogP contribution in [0.5, 0.6) is 0 Å². The first kappa shape index (κ1) is 55.4. The molecule has 0 aromatic carbocycles. The predicted molar refractivity (Wildman–Crippen MR) is 233 cm³/mol. The number of carbonyl (C=O) groups excluding carboxylic acids is 1. The van der Waals surface area contributed by atoms with E-state index < -0.39 is 0 Å². The van der Waals surface area contributed by atoms with E-state index >= 15 is 0 Å². The van der Waals surface area contributed by atoms with Crippen LogP contribution < -0.4 is 5.32 Å². The largest absolute Gasteiger partial charge is 0.483 e. The molecule has 0 rings (SSSR count). The lowest BCUT2D eigenvalue weighted by atomic mass is 9.89. The predicted octanol–water partition coefficient (Wildman–Crippen LogP) is 14.7. The summed E-state index contributed by atoms with van der Waals surface area (Å²) in [7, 11) is 3.75. The molecule has 5 nitrogen and oxygen atoms in total. The third-order valence-electron chi connectivity index (χ3n) is 10.6. The van der Waals surface area contributed by atoms with Crippen molar-refractivity contribution in [2.24, 2.45) is 5.92 Å². The Morgan fingerprint density at radius 3 is 0.923 bits per heavy atom. The Morgan fingerprint density at radius 1 is 0.423 bits per heavy atom. The van der Waals surface area contributed by atoms with E-state index in [2.05, 4.69) is 31.0 Å². The van der Waals surface area contributed by atoms with Gasteiger partial charge in [-0.1, -0.05) is 226 Å². The van der Waals surface area contributed by atoms with Crippen molar-refractivity contribution in [3.05, 3.63) is 0 Å². The maximum atomic E-state index is 10.9. The molecule has 52 heavy (non-hydrogen) atoms. The Kier molecular flexibility index (Phi) is 58.0. The molecule has 0 saturated heterocycles. The molecule has 0 aromatic heterocycles. The molecule has 0 atom stereocenters. The van der Waals surface area contributed by atoms with Gasteiger partial charge < -0.3 is 20.1 Å². The van der Waals surface area contributed by atoms with E-state index in [4.69, 9.17) is 9.90 Å². The average molecular weight is 739 g/mol. The Labute approximate surface area is 328 Å². The number of rotatable bonds is 41. The van der Waals surface area contributed by atoms with E-state index in [1.807, 2.05) is 14.1 Å². The van der Waals surface area contributed by atoms with Gasteiger partial charge >= 0.3 is 0 Å². The Balaban J connectivity index is -0.00000371. The quantitative estimate of drug-likeness (QED) is 0.0483. The highest BCUT2D eigenvalue weighted by atomic mass is 16.3. The van der Waals surface area contributed by atoms with Crippen LogP contribution in [0.2, 0.25) is 0 Å². The van der Waals surface area contributed by atoms with E-state index in [1.54, 1.807) is 0 Å². The molecule has 0 fully saturated rings. The number of hydrogen-bond donors (Lipinski definition) is 2. The van der Waals surface area contributed by atoms with Crippen molar-refractivity contribution in [1.82, 2.24) is 10.2 Å². The summed E-state index contributed by atoms with van der Waals surface area (Å²) in [5.41, 5.74) is 0. The van der Waals surface area contributed by atoms with Gasteiger partial charge in [0.15, 0.2) is 0 Å². The Morgan fingerprint density at radius 2 is 0.654 bits per heavy atom. The van der Waals surface area contributed by atoms with Crippen molar-refractivity contribution in [2.75, 3.05) is 33.7 Å². The SMILES string of the molecule is CCCCCCCCCCCCCCCCN(CCCC=O)CCCCCCCC(CCCCCCCC)CCCCCCCC.CNC.O=CO. The molecule has 0 radical (unpaired) electrons. The molecule has 0 heterocycles. The minimum absolute atomic E-state index is 0.250. The van der Waals surface area contributed by atoms with Crippen molar-refractivity contribution in [3.63, 3.8) is 0 Å². The molecule has 0 aromatic rings. The van der Waals surface area contributed by atoms with Gasteiger partial charge in [0.25, 0.3) is 6.47 Å². The summed E-state index contributed by atoms with van der Waals surface area (Å²) in [5.74, 6) is 0.996. The smallest absolute Gasteiger partial charge is 0.290 e. The molecule has 0 aliphatic heterocycles. The summed E-state index contributed by atoms with van der Waals surface area (Å²) >= 11 is 0. The second kappa shape index (κ2) is 54.4. The minimum atomic E-state index is -0.250. The summed E-state index contributed by atoms with van der Waals surface area (Å²) in [5, 5.41) is 9.64. The maximum absolute atomic E-state index is 10.9. The zero-order valence-corrected chi connectivity index (χ0v) is 36.5. The van der Waals surface area contributed by atoms with Crippen LogP contribution in [0.3, 0.4) is 0 Å². The first-order valence-corrected chi connectivity index (χ1v) is 23.4. The number of hydrogen-bond acceptors (Lipinski definition) is 4. The molecular weight excluding hydrogens is 641 g/mol. The molecule has 314 valence electrons. The van der Waals surface area contributed by atoms with Gasteiger partial charge in [-0.25, -0.2) is 0 Å². The van der Waals surface area contributed by atoms with E-state index in [-0.39, 0.29) is 6.47 Å². The van der Waals surface area contributed by atoms with Gasteiger partial charge in [0.1, 0.15) is 6.29 Å². The third kappa shape index (κ3) is 53.4. The van der Waals surface area contributed by atoms with Crippen molar-refractivity contribution in [2.45, 2.75) is 252 Å². The number of aldehydes is 1. The highest BCUT2D eigenvalue weighted by Gasteiger charge is 2.09. The molecule has 0 amide bonds. The van der Waals surface area contributed by atoms with E-state index in [9.17, 15) is 4.79 Å². The fourth-order valence-corrected chi connectivity index (χ4v) is 7.42. The molecule has 0 spiro atoms. The van der Waals surface area contributed by atoms with Crippen LogP contribution in [-0.4, -0.2) is 56.5 Å². The minimum Gasteiger partial charge on any atom is -0.483 e. The number of carbonyl (C=O) groups is 2. The molecule has 0 aliphatic carbocycles. The summed E-state index contributed by atoms with van der Waals surface area (Å²) in [6, 6.07) is 0. The molecule has 5 heteroatoms. The second-order valence-electron chi connectivity index (χ2n) is 15.9. The summed E-state index contributed by atoms with van der Waals surface area (Å²) in [6.45, 7) is 10.3. The normalized spacial score (nSPS) is 11.0. The fourth-order valence-electron chi connectivity index (χ4n) is 7.42. The van der Waals surface area contributed by atoms with Crippen LogP contribution in [0.4, 0.5) is 0 Å². The Hall–Kier alpha value is -0.940. The van der Waals surface area contributed by atoms with Crippen LogP contribution in [0.1, 0.15) is 252 Å². The Bertz CT molecular complexity index is 601. The third-order valence-corrected chi connectivity index (χ3v) is 10.6. The van der Waals surface area contributed by atoms with Crippen LogP contribution in [0, 0.1) is 5.92 Å². The fraction of sp³-hybridized carbons (Fsp3) is 0.957. The molecule has 0 unspecified atom stereocenters. The second-order valence-corrected chi connectivity index (χ2v) is 15.9. The number of nitrogens with zero attached hydrogens (tertiary/aromatic N) is 1. The lowest BCUT2D eigenvalue weighted by Crippen LogP contribution is -2.27. The monoisotopic (exact) mass is 739 g/mol. The topological polar surface area (TPSA) is 69.6 Å². The standard InChI is InChI=1S/C44H89NO.C2H7N.CH2O2/c1-4-7-10-13-16-17-18-19-20-21-22-23-28-33-40-45(42-35-36-43-46)41-34-29-24-27-32-39-44(37-30-25-14-11-8-5-2)38-31-26-15-12-9-6-3;1-3-2;2-1-3/h43-44H,4-42H2,1-3H3;3H,1-2H3;1H,(H,2,3). The van der Waals surface area contributed by atoms with Crippen LogP contribution >= 0.6 is 0 Å². The molecule has 2 N–H and O–H groups in total. The van der Waals surface area contributed by atoms with E-state index in [1.165, 1.54) is 231 Å². The summed E-state index contributed by atoms with van der Waals surface area (Å²) in [4.78, 5) is 21.9. The van der Waals surface area contributed by atoms with Crippen LogP contribution in [-0.2, 0) is 9.59 Å². The summed E-state index contributed by atoms with van der Waals surface area (Å²) < 4.78 is 0. The van der Waals surface area contributed by atoms with Gasteiger partial charge in [-0.2, -0.15) is 0 Å². The molecule has 0 aliphatic rings. The zero-order valence-electron chi connectivity index (χ0n) is 36.5. The van der Waals surface area contributed by atoms with Gasteiger partial charge in [0, 0.05) is 6.42 Å². The van der Waals surface area contributed by atoms with Crippen molar-refractivity contribution in [1.29, 1.82) is 0 Å². The first-order valence-electron chi connectivity index (χ1n) is 23.4.